The van der Waals surface area contributed by atoms with E-state index in [1.54, 1.807) is 6.07 Å². The van der Waals surface area contributed by atoms with E-state index in [9.17, 15) is 9.59 Å². The average molecular weight is 312 g/mol. The Morgan fingerprint density at radius 1 is 1.48 bits per heavy atom. The van der Waals surface area contributed by atoms with Crippen molar-refractivity contribution in [3.63, 3.8) is 0 Å². The summed E-state index contributed by atoms with van der Waals surface area (Å²) < 4.78 is 10.5. The van der Waals surface area contributed by atoms with E-state index in [2.05, 4.69) is 0 Å². The molecule has 1 aliphatic carbocycles. The SMILES string of the molecule is CC1C(=O)CC[C@@H]1COCc1ccc(C(=O)OCCO)s1. The van der Waals surface area contributed by atoms with Gasteiger partial charge in [0.2, 0.25) is 0 Å². The van der Waals surface area contributed by atoms with Crippen LogP contribution in [0.25, 0.3) is 0 Å². The zero-order valence-corrected chi connectivity index (χ0v) is 12.9. The number of ketones is 1. The standard InChI is InChI=1S/C15H20O5S/c1-10-11(2-4-13(10)17)8-19-9-12-3-5-14(21-12)15(18)20-7-6-16/h3,5,10-11,16H,2,4,6-9H2,1H3/t10?,11-/m1/s1. The Bertz CT molecular complexity index is 496. The Morgan fingerprint density at radius 2 is 2.29 bits per heavy atom. The van der Waals surface area contributed by atoms with E-state index in [1.807, 2.05) is 13.0 Å². The van der Waals surface area contributed by atoms with Gasteiger partial charge in [-0.1, -0.05) is 6.92 Å². The van der Waals surface area contributed by atoms with E-state index in [-0.39, 0.29) is 19.1 Å². The summed E-state index contributed by atoms with van der Waals surface area (Å²) in [6.45, 7) is 2.82. The molecule has 6 heteroatoms. The van der Waals surface area contributed by atoms with Gasteiger partial charge in [0.1, 0.15) is 17.3 Å². The molecule has 2 atom stereocenters. The van der Waals surface area contributed by atoms with Crippen molar-refractivity contribution in [2.24, 2.45) is 11.8 Å². The highest BCUT2D eigenvalue weighted by Gasteiger charge is 2.30. The maximum atomic E-state index is 11.6. The highest BCUT2D eigenvalue weighted by molar-refractivity contribution is 7.13. The number of carbonyl (C=O) groups excluding carboxylic acids is 2. The first-order valence-corrected chi connectivity index (χ1v) is 7.90. The van der Waals surface area contributed by atoms with Crippen molar-refractivity contribution >= 4 is 23.1 Å². The van der Waals surface area contributed by atoms with Gasteiger partial charge in [0.15, 0.2) is 0 Å². The molecule has 2 rings (SSSR count). The number of rotatable bonds is 7. The third kappa shape index (κ3) is 4.36. The number of hydrogen-bond acceptors (Lipinski definition) is 6. The number of esters is 1. The van der Waals surface area contributed by atoms with Gasteiger partial charge in [-0.3, -0.25) is 4.79 Å². The normalized spacial score (nSPS) is 21.7. The molecule has 1 aliphatic rings. The molecule has 0 bridgehead atoms. The van der Waals surface area contributed by atoms with Gasteiger partial charge >= 0.3 is 5.97 Å². The van der Waals surface area contributed by atoms with Crippen molar-refractivity contribution in [1.29, 1.82) is 0 Å². The number of aliphatic hydroxyl groups is 1. The number of hydrogen-bond donors (Lipinski definition) is 1. The fourth-order valence-corrected chi connectivity index (χ4v) is 3.22. The second kappa shape index (κ2) is 7.68. The van der Waals surface area contributed by atoms with Crippen molar-refractivity contribution in [3.8, 4) is 0 Å². The number of Topliss-reactive ketones (excluding diaryl/α,β-unsaturated/α-hetero) is 1. The fourth-order valence-electron chi connectivity index (χ4n) is 2.38. The molecule has 0 aliphatic heterocycles. The lowest BCUT2D eigenvalue weighted by atomic mass is 9.99. The molecule has 0 spiro atoms. The molecule has 1 fully saturated rings. The Labute approximate surface area is 127 Å². The number of ether oxygens (including phenoxy) is 2. The second-order valence-electron chi connectivity index (χ2n) is 5.19. The molecule has 1 unspecified atom stereocenters. The summed E-state index contributed by atoms with van der Waals surface area (Å²) >= 11 is 1.33. The first-order valence-electron chi connectivity index (χ1n) is 7.09. The van der Waals surface area contributed by atoms with Crippen LogP contribution in [0, 0.1) is 11.8 Å². The van der Waals surface area contributed by atoms with E-state index in [1.165, 1.54) is 11.3 Å². The summed E-state index contributed by atoms with van der Waals surface area (Å²) in [5, 5.41) is 8.61. The average Bonchev–Trinajstić information content (AvgIpc) is 3.07. The summed E-state index contributed by atoms with van der Waals surface area (Å²) in [4.78, 5) is 24.5. The lowest BCUT2D eigenvalue weighted by Gasteiger charge is -2.13. The van der Waals surface area contributed by atoms with Gasteiger partial charge < -0.3 is 14.6 Å². The highest BCUT2D eigenvalue weighted by Crippen LogP contribution is 2.29. The lowest BCUT2D eigenvalue weighted by Crippen LogP contribution is -2.15. The summed E-state index contributed by atoms with van der Waals surface area (Å²) in [7, 11) is 0. The summed E-state index contributed by atoms with van der Waals surface area (Å²) in [6, 6.07) is 3.54. The third-order valence-corrected chi connectivity index (χ3v) is 4.78. The molecular weight excluding hydrogens is 292 g/mol. The van der Waals surface area contributed by atoms with E-state index < -0.39 is 5.97 Å². The van der Waals surface area contributed by atoms with Crippen LogP contribution in [-0.2, 0) is 20.9 Å². The smallest absolute Gasteiger partial charge is 0.348 e. The summed E-state index contributed by atoms with van der Waals surface area (Å²) in [5.74, 6) is 0.313. The van der Waals surface area contributed by atoms with Crippen LogP contribution in [0.1, 0.15) is 34.3 Å². The molecular formula is C15H20O5S. The van der Waals surface area contributed by atoms with Crippen LogP contribution in [0.4, 0.5) is 0 Å². The minimum absolute atomic E-state index is 0.0101. The minimum Gasteiger partial charge on any atom is -0.459 e. The van der Waals surface area contributed by atoms with Crippen molar-refractivity contribution in [1.82, 2.24) is 0 Å². The molecule has 1 saturated carbocycles. The molecule has 1 N–H and O–H groups in total. The number of carbonyl (C=O) groups is 2. The van der Waals surface area contributed by atoms with Crippen LogP contribution in [0.2, 0.25) is 0 Å². The maximum Gasteiger partial charge on any atom is 0.348 e. The second-order valence-corrected chi connectivity index (χ2v) is 6.36. The molecule has 5 nitrogen and oxygen atoms in total. The largest absolute Gasteiger partial charge is 0.459 e. The molecule has 1 aromatic heterocycles. The van der Waals surface area contributed by atoms with Crippen LogP contribution in [0.5, 0.6) is 0 Å². The predicted molar refractivity (Wildman–Crippen MR) is 78.2 cm³/mol. The molecule has 1 heterocycles. The summed E-state index contributed by atoms with van der Waals surface area (Å²) in [6.07, 6.45) is 1.57. The Balaban J connectivity index is 1.75. The minimum atomic E-state index is -0.421. The molecule has 21 heavy (non-hydrogen) atoms. The summed E-state index contributed by atoms with van der Waals surface area (Å²) in [5.41, 5.74) is 0. The first kappa shape index (κ1) is 16.1. The van der Waals surface area contributed by atoms with Crippen molar-refractivity contribution in [2.75, 3.05) is 19.8 Å². The van der Waals surface area contributed by atoms with E-state index in [0.29, 0.717) is 36.2 Å². The number of aliphatic hydroxyl groups excluding tert-OH is 1. The Kier molecular flexibility index (Phi) is 5.90. The van der Waals surface area contributed by atoms with Gasteiger partial charge in [-0.05, 0) is 24.5 Å². The van der Waals surface area contributed by atoms with Crippen molar-refractivity contribution in [2.45, 2.75) is 26.4 Å². The molecule has 1 aromatic rings. The molecule has 0 radical (unpaired) electrons. The van der Waals surface area contributed by atoms with Crippen molar-refractivity contribution < 1.29 is 24.2 Å². The van der Waals surface area contributed by atoms with E-state index in [4.69, 9.17) is 14.6 Å². The monoisotopic (exact) mass is 312 g/mol. The maximum absolute atomic E-state index is 11.6. The molecule has 0 amide bonds. The van der Waals surface area contributed by atoms with E-state index in [0.717, 1.165) is 11.3 Å². The highest BCUT2D eigenvalue weighted by atomic mass is 32.1. The molecule has 0 saturated heterocycles. The van der Waals surface area contributed by atoms with Crippen LogP contribution < -0.4 is 0 Å². The number of thiophene rings is 1. The molecule has 116 valence electrons. The van der Waals surface area contributed by atoms with Gasteiger partial charge in [0.25, 0.3) is 0 Å². The van der Waals surface area contributed by atoms with Crippen LogP contribution in [0.15, 0.2) is 12.1 Å². The predicted octanol–water partition coefficient (Wildman–Crippen LogP) is 2.03. The quantitative estimate of drug-likeness (QED) is 0.780. The zero-order valence-electron chi connectivity index (χ0n) is 12.0. The van der Waals surface area contributed by atoms with Crippen molar-refractivity contribution in [3.05, 3.63) is 21.9 Å². The first-order chi connectivity index (χ1) is 10.1. The van der Waals surface area contributed by atoms with Gasteiger partial charge in [-0.15, -0.1) is 11.3 Å². The van der Waals surface area contributed by atoms with Gasteiger partial charge in [0.05, 0.1) is 19.8 Å². The van der Waals surface area contributed by atoms with Gasteiger partial charge in [0, 0.05) is 17.2 Å². The van der Waals surface area contributed by atoms with E-state index >= 15 is 0 Å². The van der Waals surface area contributed by atoms with Gasteiger partial charge in [-0.25, -0.2) is 4.79 Å². The van der Waals surface area contributed by atoms with Crippen LogP contribution >= 0.6 is 11.3 Å². The zero-order chi connectivity index (χ0) is 15.2. The van der Waals surface area contributed by atoms with Gasteiger partial charge in [-0.2, -0.15) is 0 Å². The third-order valence-electron chi connectivity index (χ3n) is 3.74. The topological polar surface area (TPSA) is 72.8 Å². The molecule has 0 aromatic carbocycles. The Morgan fingerprint density at radius 3 is 2.95 bits per heavy atom. The van der Waals surface area contributed by atoms with Crippen LogP contribution in [-0.4, -0.2) is 36.7 Å². The fraction of sp³-hybridized carbons (Fsp3) is 0.600. The Hall–Kier alpha value is -1.24. The van der Waals surface area contributed by atoms with Crippen LogP contribution in [0.3, 0.4) is 0 Å². The lowest BCUT2D eigenvalue weighted by molar-refractivity contribution is -0.121.